The zero-order chi connectivity index (χ0) is 17.2. The maximum absolute atomic E-state index is 13.1. The summed E-state index contributed by atoms with van der Waals surface area (Å²) in [6, 6.07) is 8.07. The van der Waals surface area contributed by atoms with E-state index in [4.69, 9.17) is 0 Å². The third-order valence-electron chi connectivity index (χ3n) is 3.92. The molecule has 0 spiro atoms. The first kappa shape index (κ1) is 16.2. The largest absolute Gasteiger partial charge is 0.306 e. The molecule has 0 saturated heterocycles. The summed E-state index contributed by atoms with van der Waals surface area (Å²) < 4.78 is 0. The molecule has 0 fully saturated rings. The lowest BCUT2D eigenvalue weighted by atomic mass is 10.1. The summed E-state index contributed by atoms with van der Waals surface area (Å²) in [7, 11) is 0. The van der Waals surface area contributed by atoms with Crippen molar-refractivity contribution < 1.29 is 4.79 Å². The highest BCUT2D eigenvalue weighted by molar-refractivity contribution is 7.99. The molecule has 5 nitrogen and oxygen atoms in total. The maximum atomic E-state index is 13.1. The first-order chi connectivity index (χ1) is 12.2. The van der Waals surface area contributed by atoms with E-state index in [0.717, 1.165) is 16.3 Å². The molecule has 3 aromatic rings. The van der Waals surface area contributed by atoms with Gasteiger partial charge in [-0.1, -0.05) is 19.1 Å². The molecule has 0 saturated carbocycles. The van der Waals surface area contributed by atoms with Crippen LogP contribution in [0.3, 0.4) is 0 Å². The first-order valence-corrected chi connectivity index (χ1v) is 9.84. The van der Waals surface area contributed by atoms with Crippen LogP contribution in [0.5, 0.6) is 0 Å². The number of benzene rings is 1. The fraction of sp³-hybridized carbons (Fsp3) is 0.222. The third-order valence-corrected chi connectivity index (χ3v) is 6.18. The Morgan fingerprint density at radius 3 is 3.00 bits per heavy atom. The number of amides is 1. The van der Waals surface area contributed by atoms with Crippen molar-refractivity contribution >= 4 is 34.7 Å². The van der Waals surface area contributed by atoms with Crippen molar-refractivity contribution in [1.82, 2.24) is 15.0 Å². The lowest BCUT2D eigenvalue weighted by Gasteiger charge is -2.23. The summed E-state index contributed by atoms with van der Waals surface area (Å²) in [5.74, 6) is 1.36. The van der Waals surface area contributed by atoms with Crippen molar-refractivity contribution in [1.29, 1.82) is 0 Å². The van der Waals surface area contributed by atoms with E-state index in [9.17, 15) is 4.79 Å². The van der Waals surface area contributed by atoms with Gasteiger partial charge in [0, 0.05) is 35.0 Å². The number of aromatic nitrogens is 3. The molecule has 0 aliphatic carbocycles. The van der Waals surface area contributed by atoms with Crippen LogP contribution in [-0.4, -0.2) is 33.2 Å². The number of nitrogens with zero attached hydrogens (tertiary/aromatic N) is 4. The Balaban J connectivity index is 1.68. The maximum Gasteiger partial charge on any atom is 0.277 e. The van der Waals surface area contributed by atoms with Gasteiger partial charge in [-0.2, -0.15) is 0 Å². The number of hydrogen-bond donors (Lipinski definition) is 0. The molecule has 126 valence electrons. The molecule has 25 heavy (non-hydrogen) atoms. The summed E-state index contributed by atoms with van der Waals surface area (Å²) in [6.45, 7) is 2.87. The van der Waals surface area contributed by atoms with Crippen LogP contribution in [0.2, 0.25) is 0 Å². The molecule has 1 amide bonds. The average molecular weight is 368 g/mol. The fourth-order valence-corrected chi connectivity index (χ4v) is 4.55. The van der Waals surface area contributed by atoms with E-state index in [-0.39, 0.29) is 5.91 Å². The molecule has 0 N–H and O–H groups in total. The number of carbonyl (C=O) groups excluding carboxylic acids is 1. The summed E-state index contributed by atoms with van der Waals surface area (Å²) in [6.07, 6.45) is 4.91. The highest BCUT2D eigenvalue weighted by Crippen LogP contribution is 2.36. The van der Waals surface area contributed by atoms with E-state index in [0.29, 0.717) is 28.9 Å². The molecule has 1 atom stereocenters. The number of hydrogen-bond acceptors (Lipinski definition) is 6. The van der Waals surface area contributed by atoms with E-state index in [1.54, 1.807) is 35.7 Å². The van der Waals surface area contributed by atoms with Crippen LogP contribution < -0.4 is 4.90 Å². The predicted molar refractivity (Wildman–Crippen MR) is 101 cm³/mol. The summed E-state index contributed by atoms with van der Waals surface area (Å²) >= 11 is 3.22. The van der Waals surface area contributed by atoms with Crippen LogP contribution in [0.25, 0.3) is 10.7 Å². The van der Waals surface area contributed by atoms with E-state index in [1.165, 1.54) is 11.3 Å². The molecule has 1 aromatic carbocycles. The van der Waals surface area contributed by atoms with Gasteiger partial charge in [0.1, 0.15) is 16.4 Å². The predicted octanol–water partition coefficient (Wildman–Crippen LogP) is 3.99. The zero-order valence-electron chi connectivity index (χ0n) is 13.6. The van der Waals surface area contributed by atoms with E-state index in [1.807, 2.05) is 23.1 Å². The van der Waals surface area contributed by atoms with Gasteiger partial charge in [0.15, 0.2) is 0 Å². The van der Waals surface area contributed by atoms with E-state index < -0.39 is 0 Å². The summed E-state index contributed by atoms with van der Waals surface area (Å²) in [5.41, 5.74) is 2.11. The second-order valence-electron chi connectivity index (χ2n) is 5.93. The van der Waals surface area contributed by atoms with Crippen LogP contribution >= 0.6 is 23.1 Å². The van der Waals surface area contributed by atoms with Gasteiger partial charge in [0.25, 0.3) is 5.91 Å². The second-order valence-corrected chi connectivity index (χ2v) is 7.85. The highest BCUT2D eigenvalue weighted by Gasteiger charge is 2.27. The Morgan fingerprint density at radius 1 is 1.28 bits per heavy atom. The molecule has 1 aliphatic rings. The van der Waals surface area contributed by atoms with Gasteiger partial charge in [-0.15, -0.1) is 23.1 Å². The average Bonchev–Trinajstić information content (AvgIpc) is 3.09. The lowest BCUT2D eigenvalue weighted by molar-refractivity contribution is 0.0980. The van der Waals surface area contributed by atoms with Crippen molar-refractivity contribution in [2.24, 2.45) is 5.92 Å². The fourth-order valence-electron chi connectivity index (χ4n) is 2.73. The third kappa shape index (κ3) is 3.29. The Morgan fingerprint density at radius 2 is 2.16 bits per heavy atom. The molecule has 1 aliphatic heterocycles. The Bertz CT molecular complexity index is 897. The van der Waals surface area contributed by atoms with Crippen molar-refractivity contribution in [3.05, 3.63) is 53.9 Å². The van der Waals surface area contributed by atoms with Crippen molar-refractivity contribution in [2.75, 3.05) is 17.2 Å². The van der Waals surface area contributed by atoms with Gasteiger partial charge < -0.3 is 4.90 Å². The molecular weight excluding hydrogens is 352 g/mol. The number of anilines is 1. The quantitative estimate of drug-likeness (QED) is 0.684. The van der Waals surface area contributed by atoms with Gasteiger partial charge >= 0.3 is 0 Å². The molecule has 0 radical (unpaired) electrons. The monoisotopic (exact) mass is 368 g/mol. The molecular formula is C18H16N4OS2. The summed E-state index contributed by atoms with van der Waals surface area (Å²) in [4.78, 5) is 28.9. The number of thiazole rings is 1. The number of fused-ring (bicyclic) bond motifs is 1. The molecule has 2 aromatic heterocycles. The number of thioether (sulfide) groups is 1. The van der Waals surface area contributed by atoms with Crippen LogP contribution in [0.4, 0.5) is 5.69 Å². The van der Waals surface area contributed by atoms with Gasteiger partial charge in [-0.25, -0.2) is 4.98 Å². The van der Waals surface area contributed by atoms with Crippen LogP contribution in [0, 0.1) is 5.92 Å². The van der Waals surface area contributed by atoms with Crippen LogP contribution in [0.15, 0.2) is 53.1 Å². The topological polar surface area (TPSA) is 59.0 Å². The standard InChI is InChI=1S/C18H16N4OS2/c1-12-9-22(15-4-2-3-5-16(15)24-10-12)18(23)14-11-25-17(21-14)13-8-19-6-7-20-13/h2-8,11-12H,9-10H2,1H3. The lowest BCUT2D eigenvalue weighted by Crippen LogP contribution is -2.34. The number of para-hydroxylation sites is 1. The van der Waals surface area contributed by atoms with E-state index in [2.05, 4.69) is 27.9 Å². The molecule has 3 heterocycles. The SMILES string of the molecule is CC1CSc2ccccc2N(C(=O)c2csc(-c3cnccn3)n2)C1. The molecule has 4 rings (SSSR count). The van der Waals surface area contributed by atoms with Gasteiger partial charge in [0.05, 0.1) is 11.9 Å². The van der Waals surface area contributed by atoms with E-state index >= 15 is 0 Å². The van der Waals surface area contributed by atoms with Crippen molar-refractivity contribution in [3.63, 3.8) is 0 Å². The van der Waals surface area contributed by atoms with Crippen molar-refractivity contribution in [3.8, 4) is 10.7 Å². The van der Waals surface area contributed by atoms with Crippen LogP contribution in [0.1, 0.15) is 17.4 Å². The minimum absolute atomic E-state index is 0.0619. The Labute approximate surface area is 154 Å². The molecule has 1 unspecified atom stereocenters. The number of rotatable bonds is 2. The smallest absolute Gasteiger partial charge is 0.277 e. The van der Waals surface area contributed by atoms with Crippen LogP contribution in [-0.2, 0) is 0 Å². The molecule has 7 heteroatoms. The Hall–Kier alpha value is -2.25. The first-order valence-electron chi connectivity index (χ1n) is 7.98. The zero-order valence-corrected chi connectivity index (χ0v) is 15.3. The minimum atomic E-state index is -0.0619. The van der Waals surface area contributed by atoms with Gasteiger partial charge in [0.2, 0.25) is 0 Å². The van der Waals surface area contributed by atoms with Gasteiger partial charge in [-0.05, 0) is 18.1 Å². The van der Waals surface area contributed by atoms with Crippen molar-refractivity contribution in [2.45, 2.75) is 11.8 Å². The normalized spacial score (nSPS) is 17.0. The molecule has 0 bridgehead atoms. The minimum Gasteiger partial charge on any atom is -0.306 e. The summed E-state index contributed by atoms with van der Waals surface area (Å²) in [5, 5.41) is 2.51. The highest BCUT2D eigenvalue weighted by atomic mass is 32.2. The Kier molecular flexibility index (Phi) is 4.50. The number of carbonyl (C=O) groups is 1. The second kappa shape index (κ2) is 6.93. The van der Waals surface area contributed by atoms with Gasteiger partial charge in [-0.3, -0.25) is 14.8 Å².